The third-order valence-electron chi connectivity index (χ3n) is 4.15. The SMILES string of the molecule is COc1ccc(Cn2nc3n(c2=O)[C@H](C(=O)OC(C)(C)C)CCC3)nc1. The molecule has 0 aromatic carbocycles. The van der Waals surface area contributed by atoms with Crippen molar-refractivity contribution in [2.45, 2.75) is 58.2 Å². The lowest BCUT2D eigenvalue weighted by Crippen LogP contribution is -2.38. The highest BCUT2D eigenvalue weighted by Crippen LogP contribution is 2.25. The number of aromatic nitrogens is 4. The minimum absolute atomic E-state index is 0.240. The normalized spacial score (nSPS) is 16.8. The number of carbonyl (C=O) groups excluding carboxylic acids is 1. The van der Waals surface area contributed by atoms with E-state index >= 15 is 0 Å². The quantitative estimate of drug-likeness (QED) is 0.772. The molecular formula is C18H24N4O4. The molecule has 140 valence electrons. The summed E-state index contributed by atoms with van der Waals surface area (Å²) in [6.45, 7) is 5.69. The first-order valence-corrected chi connectivity index (χ1v) is 8.68. The van der Waals surface area contributed by atoms with Gasteiger partial charge >= 0.3 is 11.7 Å². The zero-order chi connectivity index (χ0) is 18.9. The molecule has 1 aliphatic heterocycles. The van der Waals surface area contributed by atoms with Crippen LogP contribution in [0.15, 0.2) is 23.1 Å². The number of ether oxygens (including phenoxy) is 2. The Labute approximate surface area is 151 Å². The maximum atomic E-state index is 12.8. The molecule has 8 heteroatoms. The van der Waals surface area contributed by atoms with E-state index in [1.54, 1.807) is 25.4 Å². The minimum Gasteiger partial charge on any atom is -0.495 e. The second-order valence-corrected chi connectivity index (χ2v) is 7.36. The lowest BCUT2D eigenvalue weighted by Gasteiger charge is -2.26. The number of nitrogens with zero attached hydrogens (tertiary/aromatic N) is 4. The number of hydrogen-bond acceptors (Lipinski definition) is 6. The van der Waals surface area contributed by atoms with Gasteiger partial charge in [-0.15, -0.1) is 0 Å². The fourth-order valence-corrected chi connectivity index (χ4v) is 3.01. The molecule has 2 aromatic heterocycles. The van der Waals surface area contributed by atoms with Crippen LogP contribution in [0.25, 0.3) is 0 Å². The third-order valence-corrected chi connectivity index (χ3v) is 4.15. The molecule has 0 spiro atoms. The molecule has 1 atom stereocenters. The van der Waals surface area contributed by atoms with Crippen molar-refractivity contribution < 1.29 is 14.3 Å². The molecule has 0 aliphatic carbocycles. The highest BCUT2D eigenvalue weighted by molar-refractivity contribution is 5.74. The van der Waals surface area contributed by atoms with Crippen molar-refractivity contribution in [3.8, 4) is 5.75 Å². The first-order chi connectivity index (χ1) is 12.3. The zero-order valence-corrected chi connectivity index (χ0v) is 15.6. The van der Waals surface area contributed by atoms with E-state index in [1.165, 1.54) is 9.25 Å². The maximum absolute atomic E-state index is 12.8. The molecule has 0 N–H and O–H groups in total. The Kier molecular flexibility index (Phi) is 4.84. The Morgan fingerprint density at radius 3 is 2.73 bits per heavy atom. The van der Waals surface area contributed by atoms with Crippen LogP contribution in [-0.4, -0.2) is 38.0 Å². The Balaban J connectivity index is 1.87. The number of pyridine rings is 1. The summed E-state index contributed by atoms with van der Waals surface area (Å²) in [7, 11) is 1.57. The zero-order valence-electron chi connectivity index (χ0n) is 15.6. The molecule has 0 unspecified atom stereocenters. The van der Waals surface area contributed by atoms with Crippen LogP contribution >= 0.6 is 0 Å². The molecular weight excluding hydrogens is 336 g/mol. The van der Waals surface area contributed by atoms with Crippen molar-refractivity contribution in [3.05, 3.63) is 40.3 Å². The molecule has 0 saturated heterocycles. The van der Waals surface area contributed by atoms with Crippen molar-refractivity contribution in [1.82, 2.24) is 19.3 Å². The number of rotatable bonds is 4. The molecule has 1 aliphatic rings. The average molecular weight is 360 g/mol. The molecule has 0 bridgehead atoms. The molecule has 26 heavy (non-hydrogen) atoms. The molecule has 8 nitrogen and oxygen atoms in total. The van der Waals surface area contributed by atoms with Gasteiger partial charge in [0.25, 0.3) is 0 Å². The van der Waals surface area contributed by atoms with Crippen LogP contribution in [0.4, 0.5) is 0 Å². The van der Waals surface area contributed by atoms with Crippen LogP contribution in [0, 0.1) is 0 Å². The number of hydrogen-bond donors (Lipinski definition) is 0. The summed E-state index contributed by atoms with van der Waals surface area (Å²) in [5.74, 6) is 0.878. The largest absolute Gasteiger partial charge is 0.495 e. The van der Waals surface area contributed by atoms with Gasteiger partial charge in [-0.25, -0.2) is 14.3 Å². The van der Waals surface area contributed by atoms with Crippen LogP contribution in [0.5, 0.6) is 5.75 Å². The van der Waals surface area contributed by atoms with Crippen molar-refractivity contribution in [2.24, 2.45) is 0 Å². The van der Waals surface area contributed by atoms with Crippen molar-refractivity contribution in [1.29, 1.82) is 0 Å². The molecule has 0 amide bonds. The molecule has 0 radical (unpaired) electrons. The van der Waals surface area contributed by atoms with E-state index in [9.17, 15) is 9.59 Å². The van der Waals surface area contributed by atoms with E-state index in [0.717, 1.165) is 6.42 Å². The highest BCUT2D eigenvalue weighted by Gasteiger charge is 2.33. The van der Waals surface area contributed by atoms with Crippen molar-refractivity contribution in [3.63, 3.8) is 0 Å². The molecule has 3 heterocycles. The summed E-state index contributed by atoms with van der Waals surface area (Å²) in [4.78, 5) is 29.6. The smallest absolute Gasteiger partial charge is 0.347 e. The van der Waals surface area contributed by atoms with Crippen LogP contribution in [0.3, 0.4) is 0 Å². The van der Waals surface area contributed by atoms with E-state index in [-0.39, 0.29) is 18.2 Å². The summed E-state index contributed by atoms with van der Waals surface area (Å²) >= 11 is 0. The van der Waals surface area contributed by atoms with E-state index in [2.05, 4.69) is 10.1 Å². The van der Waals surface area contributed by atoms with Gasteiger partial charge in [-0.1, -0.05) is 0 Å². The van der Waals surface area contributed by atoms with Crippen LogP contribution in [0.1, 0.15) is 51.2 Å². The monoisotopic (exact) mass is 360 g/mol. The first-order valence-electron chi connectivity index (χ1n) is 8.68. The van der Waals surface area contributed by atoms with Crippen LogP contribution in [0.2, 0.25) is 0 Å². The standard InChI is InChI=1S/C18H24N4O4/c1-18(2,3)26-16(23)14-6-5-7-15-20-21(17(24)22(14)15)11-12-8-9-13(25-4)10-19-12/h8-10,14H,5-7,11H2,1-4H3/t14-/m0/s1. The predicted molar refractivity (Wildman–Crippen MR) is 94.2 cm³/mol. The van der Waals surface area contributed by atoms with Gasteiger partial charge < -0.3 is 9.47 Å². The summed E-state index contributed by atoms with van der Waals surface area (Å²) in [6, 6.07) is 2.95. The third kappa shape index (κ3) is 3.79. The van der Waals surface area contributed by atoms with Gasteiger partial charge in [0.2, 0.25) is 0 Å². The fraction of sp³-hybridized carbons (Fsp3) is 0.556. The highest BCUT2D eigenvalue weighted by atomic mass is 16.6. The van der Waals surface area contributed by atoms with E-state index in [1.807, 2.05) is 20.8 Å². The van der Waals surface area contributed by atoms with E-state index in [4.69, 9.17) is 9.47 Å². The second kappa shape index (κ2) is 6.93. The Morgan fingerprint density at radius 2 is 2.12 bits per heavy atom. The van der Waals surface area contributed by atoms with E-state index in [0.29, 0.717) is 30.1 Å². The molecule has 0 fully saturated rings. The minimum atomic E-state index is -0.622. The number of esters is 1. The van der Waals surface area contributed by atoms with Gasteiger partial charge in [0, 0.05) is 6.42 Å². The summed E-state index contributed by atoms with van der Waals surface area (Å²) in [5.41, 5.74) is -0.216. The second-order valence-electron chi connectivity index (χ2n) is 7.36. The van der Waals surface area contributed by atoms with Gasteiger partial charge in [0.15, 0.2) is 0 Å². The number of methoxy groups -OCH3 is 1. The molecule has 0 saturated carbocycles. The van der Waals surface area contributed by atoms with Crippen LogP contribution in [-0.2, 0) is 22.5 Å². The first kappa shape index (κ1) is 18.2. The predicted octanol–water partition coefficient (Wildman–Crippen LogP) is 1.72. The summed E-state index contributed by atoms with van der Waals surface area (Å²) < 4.78 is 13.4. The lowest BCUT2D eigenvalue weighted by molar-refractivity contribution is -0.159. The number of fused-ring (bicyclic) bond motifs is 1. The molecule has 3 rings (SSSR count). The van der Waals surface area contributed by atoms with E-state index < -0.39 is 11.6 Å². The topological polar surface area (TPSA) is 88.2 Å². The fourth-order valence-electron chi connectivity index (χ4n) is 3.01. The van der Waals surface area contributed by atoms with Crippen molar-refractivity contribution in [2.75, 3.05) is 7.11 Å². The van der Waals surface area contributed by atoms with Gasteiger partial charge in [-0.2, -0.15) is 5.10 Å². The Morgan fingerprint density at radius 1 is 1.35 bits per heavy atom. The maximum Gasteiger partial charge on any atom is 0.347 e. The number of carbonyl (C=O) groups is 1. The van der Waals surface area contributed by atoms with Crippen molar-refractivity contribution >= 4 is 5.97 Å². The van der Waals surface area contributed by atoms with Gasteiger partial charge in [-0.05, 0) is 45.7 Å². The Hall–Kier alpha value is -2.64. The number of aryl methyl sites for hydroxylation is 1. The summed E-state index contributed by atoms with van der Waals surface area (Å²) in [5, 5.41) is 4.41. The average Bonchev–Trinajstić information content (AvgIpc) is 2.90. The summed E-state index contributed by atoms with van der Waals surface area (Å²) in [6.07, 6.45) is 3.63. The van der Waals surface area contributed by atoms with Gasteiger partial charge in [0.05, 0.1) is 25.5 Å². The lowest BCUT2D eigenvalue weighted by atomic mass is 10.0. The Bertz CT molecular complexity index is 846. The molecule has 2 aromatic rings. The van der Waals surface area contributed by atoms with Crippen LogP contribution < -0.4 is 10.4 Å². The van der Waals surface area contributed by atoms with Gasteiger partial charge in [-0.3, -0.25) is 9.55 Å². The van der Waals surface area contributed by atoms with Gasteiger partial charge in [0.1, 0.15) is 23.2 Å².